The van der Waals surface area contributed by atoms with Gasteiger partial charge in [-0.2, -0.15) is 0 Å². The molecule has 1 heterocycles. The zero-order valence-electron chi connectivity index (χ0n) is 9.45. The quantitative estimate of drug-likeness (QED) is 0.781. The van der Waals surface area contributed by atoms with Crippen molar-refractivity contribution in [1.82, 2.24) is 0 Å². The molecule has 1 aliphatic heterocycles. The fourth-order valence-corrected chi connectivity index (χ4v) is 1.99. The number of rotatable bonds is 2. The summed E-state index contributed by atoms with van der Waals surface area (Å²) in [6.45, 7) is 4.31. The molecule has 16 heavy (non-hydrogen) atoms. The predicted octanol–water partition coefficient (Wildman–Crippen LogP) is 2.02. The molecule has 1 unspecified atom stereocenters. The van der Waals surface area contributed by atoms with Crippen LogP contribution >= 0.6 is 0 Å². The van der Waals surface area contributed by atoms with Crippen molar-refractivity contribution in [3.05, 3.63) is 24.0 Å². The van der Waals surface area contributed by atoms with E-state index in [0.29, 0.717) is 6.61 Å². The highest BCUT2D eigenvalue weighted by atomic mass is 19.1. The molecule has 0 aromatic heterocycles. The number of hydrogen-bond acceptors (Lipinski definition) is 3. The van der Waals surface area contributed by atoms with Gasteiger partial charge in [0.1, 0.15) is 5.82 Å². The maximum atomic E-state index is 13.3. The zero-order chi connectivity index (χ0) is 11.5. The summed E-state index contributed by atoms with van der Waals surface area (Å²) in [5, 5.41) is 0. The van der Waals surface area contributed by atoms with Gasteiger partial charge in [-0.1, -0.05) is 13.0 Å². The molecule has 0 bridgehead atoms. The normalized spacial score (nSPS) is 21.1. The molecular formula is C12H17FN2O. The highest BCUT2D eigenvalue weighted by Gasteiger charge is 2.21. The Morgan fingerprint density at radius 3 is 3.12 bits per heavy atom. The summed E-state index contributed by atoms with van der Waals surface area (Å²) < 4.78 is 18.9. The van der Waals surface area contributed by atoms with Gasteiger partial charge in [0.2, 0.25) is 0 Å². The first-order valence-electron chi connectivity index (χ1n) is 5.63. The van der Waals surface area contributed by atoms with Gasteiger partial charge in [0.15, 0.2) is 0 Å². The number of morpholine rings is 1. The molecule has 1 atom stereocenters. The number of benzene rings is 1. The van der Waals surface area contributed by atoms with Crippen LogP contribution in [0.25, 0.3) is 0 Å². The molecule has 1 aromatic rings. The molecule has 1 aromatic carbocycles. The molecule has 1 aliphatic rings. The van der Waals surface area contributed by atoms with Gasteiger partial charge in [0, 0.05) is 13.1 Å². The first-order chi connectivity index (χ1) is 7.72. The van der Waals surface area contributed by atoms with Gasteiger partial charge in [-0.3, -0.25) is 0 Å². The smallest absolute Gasteiger partial charge is 0.148 e. The summed E-state index contributed by atoms with van der Waals surface area (Å²) in [6, 6.07) is 4.93. The van der Waals surface area contributed by atoms with Crippen LogP contribution < -0.4 is 10.6 Å². The van der Waals surface area contributed by atoms with Gasteiger partial charge >= 0.3 is 0 Å². The molecule has 0 amide bonds. The van der Waals surface area contributed by atoms with Gasteiger partial charge in [0.25, 0.3) is 0 Å². The lowest BCUT2D eigenvalue weighted by atomic mass is 10.1. The summed E-state index contributed by atoms with van der Waals surface area (Å²) in [7, 11) is 0. The minimum atomic E-state index is -0.350. The fourth-order valence-electron chi connectivity index (χ4n) is 1.99. The van der Waals surface area contributed by atoms with Crippen LogP contribution in [0.3, 0.4) is 0 Å². The van der Waals surface area contributed by atoms with Crippen LogP contribution in [0, 0.1) is 5.82 Å². The molecule has 1 fully saturated rings. The Balaban J connectivity index is 2.20. The number of anilines is 2. The number of para-hydroxylation sites is 1. The molecule has 0 spiro atoms. The first-order valence-corrected chi connectivity index (χ1v) is 5.63. The van der Waals surface area contributed by atoms with E-state index in [0.717, 1.165) is 25.2 Å². The van der Waals surface area contributed by atoms with Crippen molar-refractivity contribution < 1.29 is 9.13 Å². The van der Waals surface area contributed by atoms with Crippen LogP contribution in [0.4, 0.5) is 15.8 Å². The zero-order valence-corrected chi connectivity index (χ0v) is 9.45. The summed E-state index contributed by atoms with van der Waals surface area (Å²) in [5.74, 6) is -0.350. The van der Waals surface area contributed by atoms with E-state index in [1.54, 1.807) is 6.07 Å². The van der Waals surface area contributed by atoms with Gasteiger partial charge in [-0.15, -0.1) is 0 Å². The highest BCUT2D eigenvalue weighted by molar-refractivity contribution is 5.68. The first kappa shape index (κ1) is 11.2. The molecule has 2 rings (SSSR count). The van der Waals surface area contributed by atoms with E-state index in [1.807, 2.05) is 6.07 Å². The van der Waals surface area contributed by atoms with Gasteiger partial charge < -0.3 is 15.4 Å². The standard InChI is InChI=1S/C12H17FN2O/c1-2-9-8-15(6-7-16-9)11-5-3-4-10(13)12(11)14/h3-5,9H,2,6-8,14H2,1H3. The van der Waals surface area contributed by atoms with Crippen LogP contribution in [0.15, 0.2) is 18.2 Å². The van der Waals surface area contributed by atoms with Crippen LogP contribution in [0.1, 0.15) is 13.3 Å². The Morgan fingerprint density at radius 2 is 2.38 bits per heavy atom. The van der Waals surface area contributed by atoms with E-state index in [-0.39, 0.29) is 17.6 Å². The molecule has 2 N–H and O–H groups in total. The molecule has 3 nitrogen and oxygen atoms in total. The third-order valence-electron chi connectivity index (χ3n) is 2.96. The second-order valence-corrected chi connectivity index (χ2v) is 4.02. The Bertz CT molecular complexity index is 370. The van der Waals surface area contributed by atoms with E-state index < -0.39 is 0 Å². The van der Waals surface area contributed by atoms with E-state index in [2.05, 4.69) is 11.8 Å². The summed E-state index contributed by atoms with van der Waals surface area (Å²) in [6.07, 6.45) is 1.18. The molecule has 88 valence electrons. The van der Waals surface area contributed by atoms with Crippen molar-refractivity contribution in [3.63, 3.8) is 0 Å². The van der Waals surface area contributed by atoms with Crippen molar-refractivity contribution in [2.75, 3.05) is 30.3 Å². The van der Waals surface area contributed by atoms with Crippen LogP contribution in [0.2, 0.25) is 0 Å². The number of ether oxygens (including phenoxy) is 1. The maximum absolute atomic E-state index is 13.3. The molecule has 0 radical (unpaired) electrons. The Labute approximate surface area is 95.0 Å². The van der Waals surface area contributed by atoms with Crippen molar-refractivity contribution >= 4 is 11.4 Å². The highest BCUT2D eigenvalue weighted by Crippen LogP contribution is 2.27. The van der Waals surface area contributed by atoms with E-state index in [9.17, 15) is 4.39 Å². The lowest BCUT2D eigenvalue weighted by Crippen LogP contribution is -2.42. The Morgan fingerprint density at radius 1 is 1.56 bits per heavy atom. The Hall–Kier alpha value is -1.29. The van der Waals surface area contributed by atoms with Crippen LogP contribution in [-0.4, -0.2) is 25.8 Å². The van der Waals surface area contributed by atoms with Crippen molar-refractivity contribution in [2.24, 2.45) is 0 Å². The largest absolute Gasteiger partial charge is 0.395 e. The second kappa shape index (κ2) is 4.70. The monoisotopic (exact) mass is 224 g/mol. The average molecular weight is 224 g/mol. The average Bonchev–Trinajstić information content (AvgIpc) is 2.33. The van der Waals surface area contributed by atoms with E-state index >= 15 is 0 Å². The van der Waals surface area contributed by atoms with Gasteiger partial charge in [0.05, 0.1) is 24.1 Å². The summed E-state index contributed by atoms with van der Waals surface area (Å²) in [5.41, 5.74) is 6.76. The molecule has 0 aliphatic carbocycles. The number of nitrogens with two attached hydrogens (primary N) is 1. The third-order valence-corrected chi connectivity index (χ3v) is 2.96. The van der Waals surface area contributed by atoms with Crippen LogP contribution in [-0.2, 0) is 4.74 Å². The van der Waals surface area contributed by atoms with Crippen molar-refractivity contribution in [2.45, 2.75) is 19.4 Å². The van der Waals surface area contributed by atoms with Crippen molar-refractivity contribution in [3.8, 4) is 0 Å². The molecule has 1 saturated heterocycles. The Kier molecular flexibility index (Phi) is 3.29. The minimum absolute atomic E-state index is 0.219. The molecule has 0 saturated carbocycles. The SMILES string of the molecule is CCC1CN(c2cccc(F)c2N)CCO1. The lowest BCUT2D eigenvalue weighted by molar-refractivity contribution is 0.0384. The van der Waals surface area contributed by atoms with E-state index in [1.165, 1.54) is 6.07 Å². The predicted molar refractivity (Wildman–Crippen MR) is 63.1 cm³/mol. The van der Waals surface area contributed by atoms with Crippen LogP contribution in [0.5, 0.6) is 0 Å². The number of nitrogen functional groups attached to an aromatic ring is 1. The summed E-state index contributed by atoms with van der Waals surface area (Å²) in [4.78, 5) is 2.09. The van der Waals surface area contributed by atoms with Gasteiger partial charge in [-0.25, -0.2) is 4.39 Å². The maximum Gasteiger partial charge on any atom is 0.148 e. The van der Waals surface area contributed by atoms with E-state index in [4.69, 9.17) is 10.5 Å². The minimum Gasteiger partial charge on any atom is -0.395 e. The molecule has 4 heteroatoms. The van der Waals surface area contributed by atoms with Crippen molar-refractivity contribution in [1.29, 1.82) is 0 Å². The number of nitrogens with zero attached hydrogens (tertiary/aromatic N) is 1. The van der Waals surface area contributed by atoms with Gasteiger partial charge in [-0.05, 0) is 18.6 Å². The summed E-state index contributed by atoms with van der Waals surface area (Å²) >= 11 is 0. The number of hydrogen-bond donors (Lipinski definition) is 1. The topological polar surface area (TPSA) is 38.5 Å². The fraction of sp³-hybridized carbons (Fsp3) is 0.500. The lowest BCUT2D eigenvalue weighted by Gasteiger charge is -2.34. The third kappa shape index (κ3) is 2.11. The number of halogens is 1. The molecular weight excluding hydrogens is 207 g/mol. The second-order valence-electron chi connectivity index (χ2n) is 4.02.